The summed E-state index contributed by atoms with van der Waals surface area (Å²) in [6.07, 6.45) is 1.52. The molecule has 1 aliphatic rings. The van der Waals surface area contributed by atoms with E-state index in [0.717, 1.165) is 35.3 Å². The first-order chi connectivity index (χ1) is 13.8. The van der Waals surface area contributed by atoms with Crippen LogP contribution in [0.4, 0.5) is 5.69 Å². The number of hydrogen-bond donors (Lipinski definition) is 1. The maximum absolute atomic E-state index is 12.6. The quantitative estimate of drug-likeness (QED) is 0.820. The molecule has 1 N–H and O–H groups in total. The Hall–Kier alpha value is -3.15. The molecule has 3 rings (SSSR count). The highest BCUT2D eigenvalue weighted by Gasteiger charge is 2.20. The second kappa shape index (κ2) is 8.90. The van der Waals surface area contributed by atoms with E-state index < -0.39 is 0 Å². The largest absolute Gasteiger partial charge is 0.338 e. The SMILES string of the molecule is Cc1cccc(NC(=O)CN(C)C(=O)c2ccc(CN3CCCC3=O)cc2)c1C. The van der Waals surface area contributed by atoms with Gasteiger partial charge in [0.2, 0.25) is 11.8 Å². The first-order valence-corrected chi connectivity index (χ1v) is 9.83. The number of carbonyl (C=O) groups is 3. The number of hydrogen-bond acceptors (Lipinski definition) is 3. The zero-order valence-corrected chi connectivity index (χ0v) is 17.2. The van der Waals surface area contributed by atoms with Gasteiger partial charge in [-0.2, -0.15) is 0 Å². The number of anilines is 1. The smallest absolute Gasteiger partial charge is 0.254 e. The van der Waals surface area contributed by atoms with E-state index in [1.54, 1.807) is 19.2 Å². The number of likely N-dealkylation sites (N-methyl/N-ethyl adjacent to an activating group) is 1. The predicted molar refractivity (Wildman–Crippen MR) is 113 cm³/mol. The Morgan fingerprint density at radius 1 is 1.10 bits per heavy atom. The minimum atomic E-state index is -0.237. The van der Waals surface area contributed by atoms with E-state index in [1.807, 2.05) is 49.1 Å². The summed E-state index contributed by atoms with van der Waals surface area (Å²) in [4.78, 5) is 40.0. The maximum atomic E-state index is 12.6. The summed E-state index contributed by atoms with van der Waals surface area (Å²) in [5.41, 5.74) is 4.39. The Balaban J connectivity index is 1.57. The molecule has 1 heterocycles. The van der Waals surface area contributed by atoms with Crippen LogP contribution in [0.5, 0.6) is 0 Å². The van der Waals surface area contributed by atoms with E-state index in [9.17, 15) is 14.4 Å². The molecule has 0 spiro atoms. The topological polar surface area (TPSA) is 69.7 Å². The molecule has 2 aromatic rings. The zero-order valence-electron chi connectivity index (χ0n) is 17.2. The van der Waals surface area contributed by atoms with Gasteiger partial charge in [-0.25, -0.2) is 0 Å². The summed E-state index contributed by atoms with van der Waals surface area (Å²) in [5, 5.41) is 2.87. The highest BCUT2D eigenvalue weighted by Crippen LogP contribution is 2.18. The third-order valence-electron chi connectivity index (χ3n) is 5.35. The van der Waals surface area contributed by atoms with Crippen molar-refractivity contribution in [2.45, 2.75) is 33.2 Å². The van der Waals surface area contributed by atoms with Crippen LogP contribution in [0.25, 0.3) is 0 Å². The fourth-order valence-electron chi connectivity index (χ4n) is 3.43. The lowest BCUT2D eigenvalue weighted by Gasteiger charge is -2.19. The summed E-state index contributed by atoms with van der Waals surface area (Å²) in [6, 6.07) is 13.0. The molecule has 6 nitrogen and oxygen atoms in total. The van der Waals surface area contributed by atoms with Crippen molar-refractivity contribution in [2.24, 2.45) is 0 Å². The van der Waals surface area contributed by atoms with Crippen LogP contribution in [0.1, 0.15) is 39.9 Å². The average Bonchev–Trinajstić information content (AvgIpc) is 3.10. The van der Waals surface area contributed by atoms with Crippen LogP contribution in [0.2, 0.25) is 0 Å². The molecule has 0 aliphatic carbocycles. The van der Waals surface area contributed by atoms with Crippen molar-refractivity contribution in [1.82, 2.24) is 9.80 Å². The van der Waals surface area contributed by atoms with Gasteiger partial charge in [0.15, 0.2) is 0 Å². The molecule has 0 unspecified atom stereocenters. The Labute approximate surface area is 171 Å². The second-order valence-electron chi connectivity index (χ2n) is 7.57. The Bertz CT molecular complexity index is 921. The van der Waals surface area contributed by atoms with Gasteiger partial charge in [-0.05, 0) is 55.2 Å². The Morgan fingerprint density at radius 3 is 2.48 bits per heavy atom. The van der Waals surface area contributed by atoms with E-state index in [0.29, 0.717) is 18.5 Å². The summed E-state index contributed by atoms with van der Waals surface area (Å²) in [6.45, 7) is 5.27. The fraction of sp³-hybridized carbons (Fsp3) is 0.348. The Morgan fingerprint density at radius 2 is 1.83 bits per heavy atom. The highest BCUT2D eigenvalue weighted by molar-refractivity contribution is 5.99. The number of nitrogens with zero attached hydrogens (tertiary/aromatic N) is 2. The lowest BCUT2D eigenvalue weighted by molar-refractivity contribution is -0.128. The number of carbonyl (C=O) groups excluding carboxylic acids is 3. The minimum absolute atomic E-state index is 0.0315. The predicted octanol–water partition coefficient (Wildman–Crippen LogP) is 3.14. The van der Waals surface area contributed by atoms with Gasteiger partial charge in [0, 0.05) is 37.8 Å². The van der Waals surface area contributed by atoms with Gasteiger partial charge < -0.3 is 15.1 Å². The van der Waals surface area contributed by atoms with Crippen LogP contribution in [0, 0.1) is 13.8 Å². The fourth-order valence-corrected chi connectivity index (χ4v) is 3.43. The van der Waals surface area contributed by atoms with Crippen LogP contribution in [0.15, 0.2) is 42.5 Å². The molecular formula is C23H27N3O3. The van der Waals surface area contributed by atoms with Gasteiger partial charge in [0.1, 0.15) is 0 Å². The number of amides is 3. The molecule has 6 heteroatoms. The summed E-state index contributed by atoms with van der Waals surface area (Å²) in [5.74, 6) is -0.275. The molecule has 0 aromatic heterocycles. The van der Waals surface area contributed by atoms with Crippen molar-refractivity contribution in [3.8, 4) is 0 Å². The van der Waals surface area contributed by atoms with Crippen molar-refractivity contribution >= 4 is 23.4 Å². The van der Waals surface area contributed by atoms with Crippen molar-refractivity contribution in [3.63, 3.8) is 0 Å². The molecule has 0 atom stereocenters. The van der Waals surface area contributed by atoms with Crippen LogP contribution < -0.4 is 5.32 Å². The third kappa shape index (κ3) is 5.02. The minimum Gasteiger partial charge on any atom is -0.338 e. The molecular weight excluding hydrogens is 366 g/mol. The van der Waals surface area contributed by atoms with E-state index in [2.05, 4.69) is 5.32 Å². The molecule has 0 bridgehead atoms. The molecule has 0 saturated carbocycles. The van der Waals surface area contributed by atoms with Crippen molar-refractivity contribution < 1.29 is 14.4 Å². The molecule has 1 fully saturated rings. The van der Waals surface area contributed by atoms with Gasteiger partial charge in [0.05, 0.1) is 6.54 Å². The van der Waals surface area contributed by atoms with Gasteiger partial charge in [-0.3, -0.25) is 14.4 Å². The second-order valence-corrected chi connectivity index (χ2v) is 7.57. The number of aryl methyl sites for hydroxylation is 1. The molecule has 3 amide bonds. The lowest BCUT2D eigenvalue weighted by atomic mass is 10.1. The monoisotopic (exact) mass is 393 g/mol. The standard InChI is InChI=1S/C23H27N3O3/c1-16-6-4-7-20(17(16)2)24-21(27)15-25(3)23(29)19-11-9-18(10-12-19)14-26-13-5-8-22(26)28/h4,6-7,9-12H,5,8,13-15H2,1-3H3,(H,24,27). The first-order valence-electron chi connectivity index (χ1n) is 9.83. The van der Waals surface area contributed by atoms with Crippen LogP contribution in [-0.2, 0) is 16.1 Å². The van der Waals surface area contributed by atoms with Gasteiger partial charge in [0.25, 0.3) is 5.91 Å². The molecule has 0 radical (unpaired) electrons. The molecule has 1 saturated heterocycles. The van der Waals surface area contributed by atoms with Gasteiger partial charge in [-0.1, -0.05) is 24.3 Å². The maximum Gasteiger partial charge on any atom is 0.254 e. The van der Waals surface area contributed by atoms with E-state index in [1.165, 1.54) is 4.90 Å². The van der Waals surface area contributed by atoms with E-state index >= 15 is 0 Å². The summed E-state index contributed by atoms with van der Waals surface area (Å²) in [7, 11) is 1.61. The van der Waals surface area contributed by atoms with Crippen molar-refractivity contribution in [3.05, 3.63) is 64.7 Å². The van der Waals surface area contributed by atoms with Crippen molar-refractivity contribution in [1.29, 1.82) is 0 Å². The number of rotatable bonds is 6. The normalized spacial score (nSPS) is 13.5. The Kier molecular flexibility index (Phi) is 6.32. The summed E-state index contributed by atoms with van der Waals surface area (Å²) < 4.78 is 0. The first kappa shape index (κ1) is 20.6. The van der Waals surface area contributed by atoms with Gasteiger partial charge >= 0.3 is 0 Å². The molecule has 1 aliphatic heterocycles. The number of nitrogens with one attached hydrogen (secondary N) is 1. The van der Waals surface area contributed by atoms with Crippen LogP contribution >= 0.6 is 0 Å². The number of likely N-dealkylation sites (tertiary alicyclic amines) is 1. The van der Waals surface area contributed by atoms with Gasteiger partial charge in [-0.15, -0.1) is 0 Å². The number of benzene rings is 2. The summed E-state index contributed by atoms with van der Waals surface area (Å²) >= 11 is 0. The van der Waals surface area contributed by atoms with Crippen LogP contribution in [0.3, 0.4) is 0 Å². The van der Waals surface area contributed by atoms with E-state index in [-0.39, 0.29) is 24.3 Å². The average molecular weight is 393 g/mol. The highest BCUT2D eigenvalue weighted by atomic mass is 16.2. The third-order valence-corrected chi connectivity index (χ3v) is 5.35. The lowest BCUT2D eigenvalue weighted by Crippen LogP contribution is -2.35. The van der Waals surface area contributed by atoms with E-state index in [4.69, 9.17) is 0 Å². The molecule has 29 heavy (non-hydrogen) atoms. The molecule has 2 aromatic carbocycles. The van der Waals surface area contributed by atoms with Crippen LogP contribution in [-0.4, -0.2) is 47.7 Å². The zero-order chi connectivity index (χ0) is 21.0. The molecule has 152 valence electrons. The van der Waals surface area contributed by atoms with Crippen molar-refractivity contribution in [2.75, 3.05) is 25.5 Å².